The highest BCUT2D eigenvalue weighted by Gasteiger charge is 2.21. The van der Waals surface area contributed by atoms with Crippen molar-refractivity contribution in [2.24, 2.45) is 0 Å². The Kier molecular flexibility index (Phi) is 5.83. The average Bonchev–Trinajstić information content (AvgIpc) is 2.47. The molecular weight excluding hydrogens is 319 g/mol. The van der Waals surface area contributed by atoms with E-state index < -0.39 is 0 Å². The Morgan fingerprint density at radius 2 is 1.82 bits per heavy atom. The van der Waals surface area contributed by atoms with Crippen LogP contribution >= 0.6 is 23.2 Å². The molecule has 0 aliphatic carbocycles. The number of nitrogens with two attached hydrogens (primary N) is 1. The maximum absolute atomic E-state index is 12.3. The van der Waals surface area contributed by atoms with Crippen LogP contribution in [0, 0.1) is 0 Å². The first kappa shape index (κ1) is 16.8. The molecular formula is C17H19Cl2N2O+. The largest absolute Gasteiger partial charge is 0.330 e. The van der Waals surface area contributed by atoms with Crippen molar-refractivity contribution in [3.05, 3.63) is 64.1 Å². The van der Waals surface area contributed by atoms with E-state index in [2.05, 4.69) is 5.32 Å². The van der Waals surface area contributed by atoms with Gasteiger partial charge in [-0.1, -0.05) is 47.5 Å². The van der Waals surface area contributed by atoms with Crippen molar-refractivity contribution >= 4 is 34.8 Å². The van der Waals surface area contributed by atoms with Gasteiger partial charge in [0.15, 0.2) is 6.04 Å². The van der Waals surface area contributed by atoms with Crippen LogP contribution in [0.2, 0.25) is 10.0 Å². The van der Waals surface area contributed by atoms with Crippen LogP contribution in [0.4, 0.5) is 5.69 Å². The average molecular weight is 338 g/mol. The lowest BCUT2D eigenvalue weighted by Gasteiger charge is -2.17. The lowest BCUT2D eigenvalue weighted by molar-refractivity contribution is -0.709. The summed E-state index contributed by atoms with van der Waals surface area (Å²) in [5.41, 5.74) is 1.72. The molecule has 1 amide bonds. The molecule has 0 radical (unpaired) electrons. The highest BCUT2D eigenvalue weighted by Crippen LogP contribution is 2.20. The highest BCUT2D eigenvalue weighted by molar-refractivity contribution is 6.31. The summed E-state index contributed by atoms with van der Waals surface area (Å²) in [6, 6.07) is 14.6. The minimum Gasteiger partial charge on any atom is -0.330 e. The minimum atomic E-state index is -0.245. The summed E-state index contributed by atoms with van der Waals surface area (Å²) in [7, 11) is 0. The summed E-state index contributed by atoms with van der Waals surface area (Å²) in [4.78, 5) is 12.3. The number of carbonyl (C=O) groups excluding carboxylic acids is 1. The second-order valence-electron chi connectivity index (χ2n) is 5.29. The number of halogens is 2. The number of nitrogens with one attached hydrogen (secondary N) is 1. The number of benzene rings is 2. The fourth-order valence-corrected chi connectivity index (χ4v) is 2.79. The third kappa shape index (κ3) is 4.47. The van der Waals surface area contributed by atoms with Gasteiger partial charge in [0.05, 0.1) is 0 Å². The first-order valence-corrected chi connectivity index (χ1v) is 7.89. The number of anilines is 1. The van der Waals surface area contributed by atoms with E-state index in [9.17, 15) is 4.79 Å². The van der Waals surface area contributed by atoms with E-state index in [0.717, 1.165) is 5.56 Å². The molecule has 5 heteroatoms. The van der Waals surface area contributed by atoms with Gasteiger partial charge in [-0.15, -0.1) is 0 Å². The van der Waals surface area contributed by atoms with Crippen LogP contribution < -0.4 is 10.6 Å². The van der Waals surface area contributed by atoms with E-state index in [1.54, 1.807) is 18.2 Å². The number of quaternary nitrogens is 1. The fraction of sp³-hybridized carbons (Fsp3) is 0.235. The topological polar surface area (TPSA) is 45.7 Å². The third-order valence-corrected chi connectivity index (χ3v) is 4.06. The van der Waals surface area contributed by atoms with Crippen LogP contribution in [-0.4, -0.2) is 11.9 Å². The van der Waals surface area contributed by atoms with E-state index in [0.29, 0.717) is 15.7 Å². The summed E-state index contributed by atoms with van der Waals surface area (Å²) in [6.45, 7) is 3.90. The molecule has 2 aromatic rings. The Labute approximate surface area is 140 Å². The Hall–Kier alpha value is -1.55. The molecule has 2 rings (SSSR count). The molecule has 0 heterocycles. The summed E-state index contributed by atoms with van der Waals surface area (Å²) >= 11 is 12.1. The Balaban J connectivity index is 1.98. The van der Waals surface area contributed by atoms with Gasteiger partial charge in [0.2, 0.25) is 0 Å². The van der Waals surface area contributed by atoms with E-state index >= 15 is 0 Å². The molecule has 3 N–H and O–H groups in total. The van der Waals surface area contributed by atoms with Gasteiger partial charge < -0.3 is 10.6 Å². The number of amides is 1. The van der Waals surface area contributed by atoms with Crippen molar-refractivity contribution < 1.29 is 10.1 Å². The van der Waals surface area contributed by atoms with Gasteiger partial charge in [-0.3, -0.25) is 4.79 Å². The van der Waals surface area contributed by atoms with E-state index in [1.807, 2.05) is 49.5 Å². The molecule has 0 saturated heterocycles. The standard InChI is InChI=1S/C17H18Cl2N2O/c1-11(15-8-3-4-9-16(15)19)20-12(2)17(22)21-14-7-5-6-13(18)10-14/h3-12,20H,1-2H3,(H,21,22)/p+1/t11-,12+/m0/s1. The summed E-state index contributed by atoms with van der Waals surface area (Å²) < 4.78 is 0. The van der Waals surface area contributed by atoms with Gasteiger partial charge in [0.25, 0.3) is 5.91 Å². The summed E-state index contributed by atoms with van der Waals surface area (Å²) in [5.74, 6) is -0.0684. The zero-order valence-corrected chi connectivity index (χ0v) is 14.0. The molecule has 0 bridgehead atoms. The minimum absolute atomic E-state index is 0.0684. The van der Waals surface area contributed by atoms with Gasteiger partial charge in [-0.25, -0.2) is 0 Å². The molecule has 22 heavy (non-hydrogen) atoms. The van der Waals surface area contributed by atoms with E-state index in [-0.39, 0.29) is 18.0 Å². The SMILES string of the molecule is C[C@H]([NH2+][C@H](C)C(=O)Nc1cccc(Cl)c1)c1ccccc1Cl. The first-order chi connectivity index (χ1) is 10.5. The number of hydrogen-bond donors (Lipinski definition) is 2. The molecule has 0 fully saturated rings. The maximum Gasteiger partial charge on any atom is 0.282 e. The Bertz CT molecular complexity index is 661. The van der Waals surface area contributed by atoms with Crippen molar-refractivity contribution in [1.29, 1.82) is 0 Å². The second-order valence-corrected chi connectivity index (χ2v) is 6.13. The first-order valence-electron chi connectivity index (χ1n) is 7.13. The predicted molar refractivity (Wildman–Crippen MR) is 91.3 cm³/mol. The smallest absolute Gasteiger partial charge is 0.282 e. The van der Waals surface area contributed by atoms with Crippen molar-refractivity contribution in [3.63, 3.8) is 0 Å². The molecule has 0 spiro atoms. The van der Waals surface area contributed by atoms with Crippen molar-refractivity contribution in [3.8, 4) is 0 Å². The molecule has 0 unspecified atom stereocenters. The maximum atomic E-state index is 12.3. The van der Waals surface area contributed by atoms with Crippen LogP contribution in [0.3, 0.4) is 0 Å². The van der Waals surface area contributed by atoms with Crippen LogP contribution in [0.25, 0.3) is 0 Å². The molecule has 3 nitrogen and oxygen atoms in total. The van der Waals surface area contributed by atoms with Crippen LogP contribution in [-0.2, 0) is 4.79 Å². The monoisotopic (exact) mass is 337 g/mol. The number of carbonyl (C=O) groups is 1. The quantitative estimate of drug-likeness (QED) is 0.859. The van der Waals surface area contributed by atoms with Gasteiger partial charge >= 0.3 is 0 Å². The van der Waals surface area contributed by atoms with E-state index in [1.165, 1.54) is 0 Å². The highest BCUT2D eigenvalue weighted by atomic mass is 35.5. The Morgan fingerprint density at radius 1 is 1.09 bits per heavy atom. The molecule has 2 atom stereocenters. The molecule has 116 valence electrons. The zero-order chi connectivity index (χ0) is 16.1. The molecule has 2 aromatic carbocycles. The number of hydrogen-bond acceptors (Lipinski definition) is 1. The zero-order valence-electron chi connectivity index (χ0n) is 12.5. The van der Waals surface area contributed by atoms with Gasteiger partial charge in [0, 0.05) is 21.3 Å². The fourth-order valence-electron chi connectivity index (χ4n) is 2.29. The summed E-state index contributed by atoms with van der Waals surface area (Å²) in [6.07, 6.45) is 0. The van der Waals surface area contributed by atoms with Gasteiger partial charge in [-0.2, -0.15) is 0 Å². The summed E-state index contributed by atoms with van der Waals surface area (Å²) in [5, 5.41) is 6.17. The molecule has 0 aromatic heterocycles. The lowest BCUT2D eigenvalue weighted by Crippen LogP contribution is -2.91. The second kappa shape index (κ2) is 7.63. The molecule has 0 aliphatic rings. The van der Waals surface area contributed by atoms with Gasteiger partial charge in [0.1, 0.15) is 6.04 Å². The van der Waals surface area contributed by atoms with Crippen LogP contribution in [0.15, 0.2) is 48.5 Å². The van der Waals surface area contributed by atoms with Crippen molar-refractivity contribution in [2.75, 3.05) is 5.32 Å². The third-order valence-electron chi connectivity index (χ3n) is 3.48. The van der Waals surface area contributed by atoms with E-state index in [4.69, 9.17) is 23.2 Å². The predicted octanol–water partition coefficient (Wildman–Crippen LogP) is 3.65. The lowest BCUT2D eigenvalue weighted by atomic mass is 10.1. The Morgan fingerprint density at radius 3 is 2.50 bits per heavy atom. The van der Waals surface area contributed by atoms with Crippen molar-refractivity contribution in [2.45, 2.75) is 25.9 Å². The van der Waals surface area contributed by atoms with Crippen LogP contribution in [0.1, 0.15) is 25.5 Å². The van der Waals surface area contributed by atoms with Crippen LogP contribution in [0.5, 0.6) is 0 Å². The molecule has 0 aliphatic heterocycles. The normalized spacial score (nSPS) is 13.5. The van der Waals surface area contributed by atoms with Gasteiger partial charge in [-0.05, 0) is 38.1 Å². The molecule has 0 saturated carbocycles. The van der Waals surface area contributed by atoms with Crippen molar-refractivity contribution in [1.82, 2.24) is 0 Å². The number of rotatable bonds is 5.